The van der Waals surface area contributed by atoms with E-state index in [9.17, 15) is 4.79 Å². The van der Waals surface area contributed by atoms with Crippen LogP contribution >= 0.6 is 0 Å². The average molecular weight is 369 g/mol. The van der Waals surface area contributed by atoms with Crippen LogP contribution in [-0.2, 0) is 19.0 Å². The largest absolute Gasteiger partial charge is 0.491 e. The van der Waals surface area contributed by atoms with E-state index in [0.717, 1.165) is 11.4 Å². The van der Waals surface area contributed by atoms with Crippen LogP contribution in [0.2, 0.25) is 0 Å². The van der Waals surface area contributed by atoms with E-state index in [2.05, 4.69) is 5.32 Å². The van der Waals surface area contributed by atoms with Crippen molar-refractivity contribution < 1.29 is 28.8 Å². The van der Waals surface area contributed by atoms with Crippen LogP contribution in [-0.4, -0.2) is 63.9 Å². The van der Waals surface area contributed by atoms with Crippen molar-refractivity contribution in [3.8, 4) is 5.75 Å². The van der Waals surface area contributed by atoms with Gasteiger partial charge in [-0.05, 0) is 24.3 Å². The van der Waals surface area contributed by atoms with Gasteiger partial charge in [-0.3, -0.25) is 4.79 Å². The molecule has 1 aromatic rings. The second-order valence-corrected chi connectivity index (χ2v) is 6.64. The number of aliphatic hydroxyl groups is 1. The van der Waals surface area contributed by atoms with E-state index in [4.69, 9.17) is 24.1 Å². The van der Waals surface area contributed by atoms with Crippen LogP contribution in [0.25, 0.3) is 0 Å². The molecule has 7 heteroatoms. The van der Waals surface area contributed by atoms with Gasteiger partial charge in [0, 0.05) is 11.1 Å². The minimum Gasteiger partial charge on any atom is -0.491 e. The number of aliphatic hydroxyl groups excluding tert-OH is 1. The third kappa shape index (κ3) is 10.4. The molecule has 26 heavy (non-hydrogen) atoms. The minimum absolute atomic E-state index is 0.0252. The molecule has 0 bridgehead atoms. The first kappa shape index (κ1) is 22.4. The minimum atomic E-state index is -0.428. The second-order valence-electron chi connectivity index (χ2n) is 6.64. The zero-order valence-corrected chi connectivity index (χ0v) is 16.0. The van der Waals surface area contributed by atoms with Crippen molar-refractivity contribution in [2.75, 3.05) is 58.2 Å². The van der Waals surface area contributed by atoms with Crippen LogP contribution in [0.5, 0.6) is 5.75 Å². The maximum Gasteiger partial charge on any atom is 0.229 e. The van der Waals surface area contributed by atoms with Gasteiger partial charge in [0.05, 0.1) is 46.2 Å². The number of carbonyl (C=O) groups excluding carboxylic acids is 1. The molecule has 0 fully saturated rings. The molecule has 1 amide bonds. The van der Waals surface area contributed by atoms with Crippen LogP contribution in [0.3, 0.4) is 0 Å². The van der Waals surface area contributed by atoms with Crippen molar-refractivity contribution in [1.82, 2.24) is 0 Å². The van der Waals surface area contributed by atoms with Gasteiger partial charge in [0.2, 0.25) is 5.91 Å². The molecule has 0 saturated carbocycles. The molecule has 7 nitrogen and oxygen atoms in total. The van der Waals surface area contributed by atoms with Crippen molar-refractivity contribution in [3.63, 3.8) is 0 Å². The number of nitrogens with one attached hydrogen (secondary N) is 1. The lowest BCUT2D eigenvalue weighted by Crippen LogP contribution is -2.27. The Bertz CT molecular complexity index is 498. The monoisotopic (exact) mass is 369 g/mol. The van der Waals surface area contributed by atoms with Gasteiger partial charge < -0.3 is 29.4 Å². The fraction of sp³-hybridized carbons (Fsp3) is 0.632. The van der Waals surface area contributed by atoms with Crippen molar-refractivity contribution in [3.05, 3.63) is 24.3 Å². The summed E-state index contributed by atoms with van der Waals surface area (Å²) in [7, 11) is 0. The van der Waals surface area contributed by atoms with Gasteiger partial charge in [0.25, 0.3) is 0 Å². The Morgan fingerprint density at radius 2 is 1.38 bits per heavy atom. The molecule has 0 aliphatic rings. The van der Waals surface area contributed by atoms with Crippen LogP contribution in [0.15, 0.2) is 24.3 Å². The second kappa shape index (κ2) is 12.6. The summed E-state index contributed by atoms with van der Waals surface area (Å²) in [6.07, 6.45) is 0. The first-order chi connectivity index (χ1) is 12.4. The SMILES string of the molecule is CC(C)(C)C(=O)Nc1ccc(OCCOCCOCCOCCO)cc1. The number of benzene rings is 1. The summed E-state index contributed by atoms with van der Waals surface area (Å²) in [5.41, 5.74) is 0.316. The van der Waals surface area contributed by atoms with Gasteiger partial charge in [0.15, 0.2) is 0 Å². The number of hydrogen-bond acceptors (Lipinski definition) is 6. The smallest absolute Gasteiger partial charge is 0.229 e. The summed E-state index contributed by atoms with van der Waals surface area (Å²) in [5, 5.41) is 11.4. The Balaban J connectivity index is 2.07. The van der Waals surface area contributed by atoms with E-state index in [0.29, 0.717) is 46.2 Å². The van der Waals surface area contributed by atoms with Crippen LogP contribution in [0.4, 0.5) is 5.69 Å². The third-order valence-corrected chi connectivity index (χ3v) is 3.27. The number of ether oxygens (including phenoxy) is 4. The summed E-state index contributed by atoms with van der Waals surface area (Å²) in [4.78, 5) is 11.9. The third-order valence-electron chi connectivity index (χ3n) is 3.27. The highest BCUT2D eigenvalue weighted by Gasteiger charge is 2.20. The maximum atomic E-state index is 11.9. The van der Waals surface area contributed by atoms with E-state index >= 15 is 0 Å². The summed E-state index contributed by atoms with van der Waals surface area (Å²) in [6.45, 7) is 8.81. The quantitative estimate of drug-likeness (QED) is 0.518. The molecule has 0 aliphatic heterocycles. The van der Waals surface area contributed by atoms with E-state index in [1.165, 1.54) is 0 Å². The Labute approximate surface area is 155 Å². The fourth-order valence-corrected chi connectivity index (χ4v) is 1.78. The summed E-state index contributed by atoms with van der Waals surface area (Å²) in [6, 6.07) is 7.25. The zero-order chi connectivity index (χ0) is 19.3. The molecule has 0 atom stereocenters. The molecule has 0 unspecified atom stereocenters. The molecule has 0 heterocycles. The predicted octanol–water partition coefficient (Wildman–Crippen LogP) is 2.09. The molecule has 148 valence electrons. The highest BCUT2D eigenvalue weighted by Crippen LogP contribution is 2.19. The molecule has 0 saturated heterocycles. The Morgan fingerprint density at radius 3 is 1.88 bits per heavy atom. The average Bonchev–Trinajstić information content (AvgIpc) is 2.60. The standard InChI is InChI=1S/C19H31NO6/c1-19(2,3)18(22)20-16-4-6-17(7-5-16)26-15-14-25-13-12-24-11-10-23-9-8-21/h4-7,21H,8-15H2,1-3H3,(H,20,22). The van der Waals surface area contributed by atoms with Crippen LogP contribution < -0.4 is 10.1 Å². The molecular weight excluding hydrogens is 338 g/mol. The molecule has 1 aromatic carbocycles. The van der Waals surface area contributed by atoms with Crippen molar-refractivity contribution >= 4 is 11.6 Å². The van der Waals surface area contributed by atoms with Gasteiger partial charge >= 0.3 is 0 Å². The number of hydrogen-bond donors (Lipinski definition) is 2. The zero-order valence-electron chi connectivity index (χ0n) is 16.0. The van der Waals surface area contributed by atoms with Gasteiger partial charge in [-0.1, -0.05) is 20.8 Å². The molecule has 1 rings (SSSR count). The van der Waals surface area contributed by atoms with E-state index in [1.54, 1.807) is 0 Å². The number of anilines is 1. The topological polar surface area (TPSA) is 86.3 Å². The number of rotatable bonds is 13. The van der Waals surface area contributed by atoms with E-state index in [-0.39, 0.29) is 12.5 Å². The molecule has 2 N–H and O–H groups in total. The highest BCUT2D eigenvalue weighted by molar-refractivity contribution is 5.94. The number of carbonyl (C=O) groups is 1. The maximum absolute atomic E-state index is 11.9. The van der Waals surface area contributed by atoms with E-state index < -0.39 is 5.41 Å². The summed E-state index contributed by atoms with van der Waals surface area (Å²) < 4.78 is 21.4. The fourth-order valence-electron chi connectivity index (χ4n) is 1.78. The molecule has 0 aromatic heterocycles. The Morgan fingerprint density at radius 1 is 0.885 bits per heavy atom. The predicted molar refractivity (Wildman–Crippen MR) is 99.6 cm³/mol. The van der Waals surface area contributed by atoms with Crippen LogP contribution in [0, 0.1) is 5.41 Å². The summed E-state index contributed by atoms with van der Waals surface area (Å²) >= 11 is 0. The Kier molecular flexibility index (Phi) is 10.9. The normalized spacial score (nSPS) is 11.4. The van der Waals surface area contributed by atoms with Gasteiger partial charge in [-0.15, -0.1) is 0 Å². The first-order valence-electron chi connectivity index (χ1n) is 8.82. The van der Waals surface area contributed by atoms with E-state index in [1.807, 2.05) is 45.0 Å². The van der Waals surface area contributed by atoms with Crippen LogP contribution in [0.1, 0.15) is 20.8 Å². The van der Waals surface area contributed by atoms with Gasteiger partial charge in [-0.2, -0.15) is 0 Å². The molecule has 0 aliphatic carbocycles. The lowest BCUT2D eigenvalue weighted by molar-refractivity contribution is -0.123. The van der Waals surface area contributed by atoms with Gasteiger partial charge in [0.1, 0.15) is 12.4 Å². The molecular formula is C19H31NO6. The van der Waals surface area contributed by atoms with Gasteiger partial charge in [-0.25, -0.2) is 0 Å². The van der Waals surface area contributed by atoms with Crippen molar-refractivity contribution in [2.45, 2.75) is 20.8 Å². The lowest BCUT2D eigenvalue weighted by atomic mass is 9.95. The summed E-state index contributed by atoms with van der Waals surface area (Å²) in [5.74, 6) is 0.696. The lowest BCUT2D eigenvalue weighted by Gasteiger charge is -2.17. The Hall–Kier alpha value is -1.67. The number of amides is 1. The van der Waals surface area contributed by atoms with Crippen molar-refractivity contribution in [2.24, 2.45) is 5.41 Å². The first-order valence-corrected chi connectivity index (χ1v) is 8.82. The highest BCUT2D eigenvalue weighted by atomic mass is 16.6. The molecule has 0 spiro atoms. The molecule has 0 radical (unpaired) electrons. The van der Waals surface area contributed by atoms with Crippen molar-refractivity contribution in [1.29, 1.82) is 0 Å².